The summed E-state index contributed by atoms with van der Waals surface area (Å²) in [5.74, 6) is -0.0446. The first kappa shape index (κ1) is 14.1. The van der Waals surface area contributed by atoms with E-state index in [1.54, 1.807) is 11.7 Å². The maximum atomic E-state index is 11.7. The van der Waals surface area contributed by atoms with Crippen molar-refractivity contribution in [3.05, 3.63) is 35.0 Å². The Morgan fingerprint density at radius 3 is 2.74 bits per heavy atom. The minimum absolute atomic E-state index is 0.0446. The standard InChI is InChI=1S/C14H16ClNO3/c1-10(17)13-11-5-3-4-6-12(11)16(14(13)15)9-19-8-7-18-2/h3-6H,7-9H2,1-2H3. The summed E-state index contributed by atoms with van der Waals surface area (Å²) in [6.07, 6.45) is 0. The molecule has 1 aromatic heterocycles. The molecule has 0 N–H and O–H groups in total. The number of methoxy groups -OCH3 is 1. The van der Waals surface area contributed by atoms with Crippen LogP contribution >= 0.6 is 11.6 Å². The van der Waals surface area contributed by atoms with Crippen molar-refractivity contribution in [2.75, 3.05) is 20.3 Å². The normalized spacial score (nSPS) is 11.1. The van der Waals surface area contributed by atoms with Crippen molar-refractivity contribution in [1.82, 2.24) is 4.57 Å². The predicted octanol–water partition coefficient (Wildman–Crippen LogP) is 3.12. The molecule has 0 unspecified atom stereocenters. The van der Waals surface area contributed by atoms with Crippen LogP contribution in [0, 0.1) is 0 Å². The lowest BCUT2D eigenvalue weighted by atomic mass is 10.1. The summed E-state index contributed by atoms with van der Waals surface area (Å²) < 4.78 is 12.2. The zero-order valence-corrected chi connectivity index (χ0v) is 11.7. The zero-order valence-electron chi connectivity index (χ0n) is 11.0. The summed E-state index contributed by atoms with van der Waals surface area (Å²) in [6, 6.07) is 7.62. The highest BCUT2D eigenvalue weighted by atomic mass is 35.5. The number of ether oxygens (including phenoxy) is 2. The Bertz CT molecular complexity index is 592. The van der Waals surface area contributed by atoms with Gasteiger partial charge in [-0.25, -0.2) is 0 Å². The molecule has 0 aliphatic rings. The fraction of sp³-hybridized carbons (Fsp3) is 0.357. The van der Waals surface area contributed by atoms with Gasteiger partial charge >= 0.3 is 0 Å². The van der Waals surface area contributed by atoms with E-state index < -0.39 is 0 Å². The van der Waals surface area contributed by atoms with E-state index in [1.807, 2.05) is 24.3 Å². The average molecular weight is 282 g/mol. The van der Waals surface area contributed by atoms with Gasteiger partial charge in [0.15, 0.2) is 5.78 Å². The molecule has 0 saturated heterocycles. The van der Waals surface area contributed by atoms with Crippen molar-refractivity contribution in [2.24, 2.45) is 0 Å². The summed E-state index contributed by atoms with van der Waals surface area (Å²) in [5, 5.41) is 1.28. The average Bonchev–Trinajstić information content (AvgIpc) is 2.67. The first-order chi connectivity index (χ1) is 9.16. The van der Waals surface area contributed by atoms with Gasteiger partial charge < -0.3 is 14.0 Å². The van der Waals surface area contributed by atoms with Gasteiger partial charge in [0.2, 0.25) is 0 Å². The molecule has 102 valence electrons. The molecule has 0 saturated carbocycles. The lowest BCUT2D eigenvalue weighted by molar-refractivity contribution is 0.0361. The van der Waals surface area contributed by atoms with Crippen LogP contribution < -0.4 is 0 Å². The van der Waals surface area contributed by atoms with Crippen molar-refractivity contribution in [3.63, 3.8) is 0 Å². The van der Waals surface area contributed by atoms with E-state index in [-0.39, 0.29) is 5.78 Å². The largest absolute Gasteiger partial charge is 0.382 e. The fourth-order valence-electron chi connectivity index (χ4n) is 2.03. The molecule has 4 nitrogen and oxygen atoms in total. The van der Waals surface area contributed by atoms with Gasteiger partial charge in [-0.1, -0.05) is 29.8 Å². The SMILES string of the molecule is COCCOCn1c(Cl)c(C(C)=O)c2ccccc21. The summed E-state index contributed by atoms with van der Waals surface area (Å²) >= 11 is 6.29. The number of benzene rings is 1. The Kier molecular flexibility index (Phi) is 4.58. The molecule has 0 spiro atoms. The third-order valence-electron chi connectivity index (χ3n) is 2.91. The first-order valence-electron chi connectivity index (χ1n) is 6.01. The number of aromatic nitrogens is 1. The second-order valence-electron chi connectivity index (χ2n) is 4.20. The molecule has 2 rings (SSSR count). The molecule has 19 heavy (non-hydrogen) atoms. The molecule has 0 amide bonds. The lowest BCUT2D eigenvalue weighted by Gasteiger charge is -2.08. The summed E-state index contributed by atoms with van der Waals surface area (Å²) in [6.45, 7) is 2.82. The second kappa shape index (κ2) is 6.19. The third-order valence-corrected chi connectivity index (χ3v) is 3.30. The minimum atomic E-state index is -0.0446. The zero-order chi connectivity index (χ0) is 13.8. The topological polar surface area (TPSA) is 40.5 Å². The van der Waals surface area contributed by atoms with E-state index >= 15 is 0 Å². The van der Waals surface area contributed by atoms with E-state index in [0.29, 0.717) is 30.7 Å². The van der Waals surface area contributed by atoms with Gasteiger partial charge in [-0.05, 0) is 13.0 Å². The van der Waals surface area contributed by atoms with Crippen LogP contribution in [-0.4, -0.2) is 30.7 Å². The quantitative estimate of drug-likeness (QED) is 0.603. The van der Waals surface area contributed by atoms with E-state index in [1.165, 1.54) is 6.92 Å². The van der Waals surface area contributed by atoms with Crippen molar-refractivity contribution < 1.29 is 14.3 Å². The predicted molar refractivity (Wildman–Crippen MR) is 74.8 cm³/mol. The number of carbonyl (C=O) groups excluding carboxylic acids is 1. The Morgan fingerprint density at radius 2 is 2.05 bits per heavy atom. The molecule has 0 fully saturated rings. The fourth-order valence-corrected chi connectivity index (χ4v) is 2.41. The van der Waals surface area contributed by atoms with Gasteiger partial charge in [0.25, 0.3) is 0 Å². The molecule has 1 aromatic carbocycles. The molecular formula is C14H16ClNO3. The number of ketones is 1. The number of para-hydroxylation sites is 1. The van der Waals surface area contributed by atoms with Crippen molar-refractivity contribution in [3.8, 4) is 0 Å². The van der Waals surface area contributed by atoms with Crippen LogP contribution in [0.4, 0.5) is 0 Å². The number of carbonyl (C=O) groups is 1. The number of nitrogens with zero attached hydrogens (tertiary/aromatic N) is 1. The van der Waals surface area contributed by atoms with Crippen LogP contribution in [0.2, 0.25) is 5.15 Å². The number of hydrogen-bond acceptors (Lipinski definition) is 3. The number of rotatable bonds is 6. The minimum Gasteiger partial charge on any atom is -0.382 e. The number of Topliss-reactive ketones (excluding diaryl/α,β-unsaturated/α-hetero) is 1. The molecule has 0 radical (unpaired) electrons. The van der Waals surface area contributed by atoms with E-state index in [0.717, 1.165) is 10.9 Å². The van der Waals surface area contributed by atoms with Crippen LogP contribution in [0.1, 0.15) is 17.3 Å². The van der Waals surface area contributed by atoms with Crippen molar-refractivity contribution >= 4 is 28.3 Å². The highest BCUT2D eigenvalue weighted by Crippen LogP contribution is 2.30. The molecule has 0 aliphatic carbocycles. The number of halogens is 1. The summed E-state index contributed by atoms with van der Waals surface area (Å²) in [4.78, 5) is 11.7. The van der Waals surface area contributed by atoms with Gasteiger partial charge in [-0.2, -0.15) is 0 Å². The molecule has 2 aromatic rings. The van der Waals surface area contributed by atoms with Gasteiger partial charge in [0.1, 0.15) is 11.9 Å². The third kappa shape index (κ3) is 2.81. The van der Waals surface area contributed by atoms with Crippen LogP contribution in [0.15, 0.2) is 24.3 Å². The van der Waals surface area contributed by atoms with Crippen molar-refractivity contribution in [1.29, 1.82) is 0 Å². The van der Waals surface area contributed by atoms with E-state index in [2.05, 4.69) is 0 Å². The molecule has 0 atom stereocenters. The summed E-state index contributed by atoms with van der Waals surface area (Å²) in [7, 11) is 1.62. The van der Waals surface area contributed by atoms with Crippen LogP contribution in [-0.2, 0) is 16.2 Å². The van der Waals surface area contributed by atoms with Gasteiger partial charge in [-0.15, -0.1) is 0 Å². The van der Waals surface area contributed by atoms with E-state index in [9.17, 15) is 4.79 Å². The Hall–Kier alpha value is -1.36. The van der Waals surface area contributed by atoms with Gasteiger partial charge in [0.05, 0.1) is 24.3 Å². The second-order valence-corrected chi connectivity index (χ2v) is 4.56. The number of fused-ring (bicyclic) bond motifs is 1. The number of hydrogen-bond donors (Lipinski definition) is 0. The summed E-state index contributed by atoms with van der Waals surface area (Å²) in [5.41, 5.74) is 1.45. The van der Waals surface area contributed by atoms with E-state index in [4.69, 9.17) is 21.1 Å². The highest BCUT2D eigenvalue weighted by Gasteiger charge is 2.18. The Morgan fingerprint density at radius 1 is 1.32 bits per heavy atom. The monoisotopic (exact) mass is 281 g/mol. The highest BCUT2D eigenvalue weighted by molar-refractivity contribution is 6.35. The van der Waals surface area contributed by atoms with Crippen LogP contribution in [0.3, 0.4) is 0 Å². The van der Waals surface area contributed by atoms with Gasteiger partial charge in [-0.3, -0.25) is 4.79 Å². The maximum absolute atomic E-state index is 11.7. The molecule has 0 aliphatic heterocycles. The molecule has 0 bridgehead atoms. The van der Waals surface area contributed by atoms with Crippen LogP contribution in [0.25, 0.3) is 10.9 Å². The molecule has 5 heteroatoms. The first-order valence-corrected chi connectivity index (χ1v) is 6.39. The van der Waals surface area contributed by atoms with Crippen molar-refractivity contribution in [2.45, 2.75) is 13.7 Å². The maximum Gasteiger partial charge on any atom is 0.163 e. The van der Waals surface area contributed by atoms with Gasteiger partial charge in [0, 0.05) is 12.5 Å². The lowest BCUT2D eigenvalue weighted by Crippen LogP contribution is -2.07. The smallest absolute Gasteiger partial charge is 0.163 e. The van der Waals surface area contributed by atoms with Crippen LogP contribution in [0.5, 0.6) is 0 Å². The Labute approximate surface area is 116 Å². The molecular weight excluding hydrogens is 266 g/mol. The Balaban J connectivity index is 2.37. The molecule has 1 heterocycles.